The Labute approximate surface area is 93.4 Å². The average Bonchev–Trinajstić information content (AvgIpc) is 2.14. The Morgan fingerprint density at radius 3 is 2.56 bits per heavy atom. The summed E-state index contributed by atoms with van der Waals surface area (Å²) in [6.07, 6.45) is 0. The van der Waals surface area contributed by atoms with Gasteiger partial charge in [0.15, 0.2) is 0 Å². The van der Waals surface area contributed by atoms with E-state index in [4.69, 9.17) is 0 Å². The Hall–Kier alpha value is -0.980. The van der Waals surface area contributed by atoms with Crippen molar-refractivity contribution >= 4 is 10.0 Å². The van der Waals surface area contributed by atoms with E-state index in [-0.39, 0.29) is 18.0 Å². The van der Waals surface area contributed by atoms with Gasteiger partial charge in [0, 0.05) is 13.1 Å². The third kappa shape index (κ3) is 1.95. The van der Waals surface area contributed by atoms with Gasteiger partial charge in [0.2, 0.25) is 10.0 Å². The van der Waals surface area contributed by atoms with E-state index in [2.05, 4.69) is 0 Å². The van der Waals surface area contributed by atoms with Crippen molar-refractivity contribution in [2.75, 3.05) is 13.1 Å². The molecule has 0 aliphatic carbocycles. The SMILES string of the molecule is CC1(O)CN(S(=O)(=O)c2cccc(F)c2)C1. The van der Waals surface area contributed by atoms with Gasteiger partial charge in [-0.3, -0.25) is 0 Å². The molecule has 1 aromatic carbocycles. The van der Waals surface area contributed by atoms with Crippen LogP contribution in [0.1, 0.15) is 6.92 Å². The highest BCUT2D eigenvalue weighted by molar-refractivity contribution is 7.89. The molecule has 0 saturated carbocycles. The molecule has 4 nitrogen and oxygen atoms in total. The molecule has 0 bridgehead atoms. The largest absolute Gasteiger partial charge is 0.387 e. The molecule has 2 rings (SSSR count). The van der Waals surface area contributed by atoms with Crippen molar-refractivity contribution in [3.05, 3.63) is 30.1 Å². The second kappa shape index (κ2) is 3.51. The van der Waals surface area contributed by atoms with E-state index in [0.717, 1.165) is 10.4 Å². The van der Waals surface area contributed by atoms with Crippen LogP contribution in [-0.2, 0) is 10.0 Å². The van der Waals surface area contributed by atoms with Gasteiger partial charge in [0.25, 0.3) is 0 Å². The molecule has 0 spiro atoms. The zero-order valence-electron chi connectivity index (χ0n) is 8.72. The van der Waals surface area contributed by atoms with Crippen molar-refractivity contribution in [1.82, 2.24) is 4.31 Å². The van der Waals surface area contributed by atoms with Crippen LogP contribution in [0.3, 0.4) is 0 Å². The summed E-state index contributed by atoms with van der Waals surface area (Å²) >= 11 is 0. The Bertz CT molecular complexity index is 505. The minimum atomic E-state index is -3.66. The van der Waals surface area contributed by atoms with Gasteiger partial charge in [-0.05, 0) is 25.1 Å². The number of halogens is 1. The first-order valence-electron chi connectivity index (χ1n) is 4.79. The maximum atomic E-state index is 12.9. The van der Waals surface area contributed by atoms with Crippen molar-refractivity contribution in [3.8, 4) is 0 Å². The quantitative estimate of drug-likeness (QED) is 0.829. The molecule has 0 amide bonds. The predicted molar refractivity (Wildman–Crippen MR) is 55.8 cm³/mol. The van der Waals surface area contributed by atoms with E-state index in [0.29, 0.717) is 0 Å². The first-order valence-corrected chi connectivity index (χ1v) is 6.23. The van der Waals surface area contributed by atoms with Crippen LogP contribution in [0.4, 0.5) is 4.39 Å². The zero-order chi connectivity index (χ0) is 12.0. The monoisotopic (exact) mass is 245 g/mol. The first-order chi connectivity index (χ1) is 7.31. The van der Waals surface area contributed by atoms with Crippen molar-refractivity contribution in [1.29, 1.82) is 0 Å². The van der Waals surface area contributed by atoms with Gasteiger partial charge in [-0.2, -0.15) is 4.31 Å². The van der Waals surface area contributed by atoms with Crippen LogP contribution < -0.4 is 0 Å². The lowest BCUT2D eigenvalue weighted by Gasteiger charge is -2.42. The van der Waals surface area contributed by atoms with E-state index in [1.165, 1.54) is 18.2 Å². The molecule has 0 atom stereocenters. The molecule has 0 unspecified atom stereocenters. The Kier molecular flexibility index (Phi) is 2.52. The van der Waals surface area contributed by atoms with Gasteiger partial charge in [0.1, 0.15) is 5.82 Å². The summed E-state index contributed by atoms with van der Waals surface area (Å²) in [4.78, 5) is -0.0806. The molecule has 16 heavy (non-hydrogen) atoms. The summed E-state index contributed by atoms with van der Waals surface area (Å²) < 4.78 is 37.8. The van der Waals surface area contributed by atoms with Crippen LogP contribution in [0.2, 0.25) is 0 Å². The lowest BCUT2D eigenvalue weighted by atomic mass is 10.0. The molecular formula is C10H12FNO3S. The van der Waals surface area contributed by atoms with Gasteiger partial charge in [0.05, 0.1) is 10.5 Å². The molecule has 1 fully saturated rings. The highest BCUT2D eigenvalue weighted by Crippen LogP contribution is 2.27. The fourth-order valence-electron chi connectivity index (χ4n) is 1.66. The van der Waals surface area contributed by atoms with Crippen LogP contribution >= 0.6 is 0 Å². The molecule has 1 N–H and O–H groups in total. The first kappa shape index (κ1) is 11.5. The third-order valence-corrected chi connectivity index (χ3v) is 4.26. The second-order valence-corrected chi connectivity index (χ2v) is 6.17. The number of hydrogen-bond acceptors (Lipinski definition) is 3. The maximum absolute atomic E-state index is 12.9. The van der Waals surface area contributed by atoms with E-state index in [1.54, 1.807) is 6.92 Å². The van der Waals surface area contributed by atoms with Gasteiger partial charge < -0.3 is 5.11 Å². The predicted octanol–water partition coefficient (Wildman–Crippen LogP) is 0.581. The summed E-state index contributed by atoms with van der Waals surface area (Å²) in [6.45, 7) is 1.66. The van der Waals surface area contributed by atoms with Crippen LogP contribution in [0.5, 0.6) is 0 Å². The van der Waals surface area contributed by atoms with E-state index >= 15 is 0 Å². The van der Waals surface area contributed by atoms with Crippen LogP contribution in [0.25, 0.3) is 0 Å². The Morgan fingerprint density at radius 1 is 1.44 bits per heavy atom. The van der Waals surface area contributed by atoms with Crippen LogP contribution in [0, 0.1) is 5.82 Å². The summed E-state index contributed by atoms with van der Waals surface area (Å²) in [5, 5.41) is 9.47. The van der Waals surface area contributed by atoms with Gasteiger partial charge >= 0.3 is 0 Å². The van der Waals surface area contributed by atoms with E-state index in [9.17, 15) is 17.9 Å². The molecule has 1 heterocycles. The van der Waals surface area contributed by atoms with Crippen molar-refractivity contribution < 1.29 is 17.9 Å². The van der Waals surface area contributed by atoms with Gasteiger partial charge in [-0.15, -0.1) is 0 Å². The van der Waals surface area contributed by atoms with E-state index in [1.807, 2.05) is 0 Å². The smallest absolute Gasteiger partial charge is 0.243 e. The molecule has 0 radical (unpaired) electrons. The van der Waals surface area contributed by atoms with Crippen LogP contribution in [-0.4, -0.2) is 36.5 Å². The van der Waals surface area contributed by atoms with Gasteiger partial charge in [-0.1, -0.05) is 6.07 Å². The number of benzene rings is 1. The lowest BCUT2D eigenvalue weighted by molar-refractivity contribution is -0.0426. The third-order valence-electron chi connectivity index (χ3n) is 2.47. The summed E-state index contributed by atoms with van der Waals surface area (Å²) in [5.74, 6) is -0.589. The highest BCUT2D eigenvalue weighted by atomic mass is 32.2. The normalized spacial score (nSPS) is 20.4. The summed E-state index contributed by atoms with van der Waals surface area (Å²) in [6, 6.07) is 4.85. The lowest BCUT2D eigenvalue weighted by Crippen LogP contribution is -2.61. The molecule has 6 heteroatoms. The molecule has 1 aliphatic rings. The minimum Gasteiger partial charge on any atom is -0.387 e. The molecular weight excluding hydrogens is 233 g/mol. The minimum absolute atomic E-state index is 0.0475. The summed E-state index contributed by atoms with van der Waals surface area (Å²) in [7, 11) is -3.66. The molecule has 0 aromatic heterocycles. The number of aliphatic hydroxyl groups is 1. The maximum Gasteiger partial charge on any atom is 0.243 e. The van der Waals surface area contributed by atoms with Gasteiger partial charge in [-0.25, -0.2) is 12.8 Å². The molecule has 1 aliphatic heterocycles. The Morgan fingerprint density at radius 2 is 2.06 bits per heavy atom. The topological polar surface area (TPSA) is 57.6 Å². The number of nitrogens with zero attached hydrogens (tertiary/aromatic N) is 1. The summed E-state index contributed by atoms with van der Waals surface area (Å²) in [5.41, 5.74) is -0.972. The zero-order valence-corrected chi connectivity index (χ0v) is 9.54. The molecule has 1 aromatic rings. The fourth-order valence-corrected chi connectivity index (χ4v) is 3.37. The Balaban J connectivity index is 2.28. The van der Waals surface area contributed by atoms with E-state index < -0.39 is 21.4 Å². The van der Waals surface area contributed by atoms with Crippen molar-refractivity contribution in [2.45, 2.75) is 17.4 Å². The number of β-amino-alcohol motifs (C(OH)–C–C–N with tert-alkyl or cyclic N) is 1. The standard InChI is InChI=1S/C10H12FNO3S/c1-10(13)6-12(7-10)16(14,15)9-4-2-3-8(11)5-9/h2-5,13H,6-7H2,1H3. The highest BCUT2D eigenvalue weighted by Gasteiger charge is 2.43. The van der Waals surface area contributed by atoms with Crippen molar-refractivity contribution in [2.24, 2.45) is 0 Å². The number of hydrogen-bond donors (Lipinski definition) is 1. The fraction of sp³-hybridized carbons (Fsp3) is 0.400. The van der Waals surface area contributed by atoms with Crippen LogP contribution in [0.15, 0.2) is 29.2 Å². The number of rotatable bonds is 2. The average molecular weight is 245 g/mol. The number of sulfonamides is 1. The molecule has 88 valence electrons. The molecule has 1 saturated heterocycles. The van der Waals surface area contributed by atoms with Crippen molar-refractivity contribution in [3.63, 3.8) is 0 Å². The second-order valence-electron chi connectivity index (χ2n) is 4.23.